The quantitative estimate of drug-likeness (QED) is 0.281. The first-order valence-corrected chi connectivity index (χ1v) is 14.3. The van der Waals surface area contributed by atoms with Gasteiger partial charge in [0.05, 0.1) is 0 Å². The summed E-state index contributed by atoms with van der Waals surface area (Å²) in [5.41, 5.74) is 3.08. The molecular weight excluding hydrogens is 433 g/mol. The summed E-state index contributed by atoms with van der Waals surface area (Å²) in [5, 5.41) is 3.87. The van der Waals surface area contributed by atoms with Gasteiger partial charge in [-0.05, 0) is 0 Å². The predicted molar refractivity (Wildman–Crippen MR) is 122 cm³/mol. The van der Waals surface area contributed by atoms with Crippen LogP contribution in [0.25, 0.3) is 0 Å². The fourth-order valence-corrected chi connectivity index (χ4v) is 9.81. The summed E-state index contributed by atoms with van der Waals surface area (Å²) in [6, 6.07) is 9.53. The van der Waals surface area contributed by atoms with Crippen molar-refractivity contribution in [2.45, 2.75) is 101 Å². The standard InChI is InChI=1S/C13H27.C12H14N.Sn/c1-4-7-10-13(11-8-5-2)12-9-6-3;1-2-9-13-12-8-7-10-5-3-4-6-11(10)12;/h4-12H2,1-3H3;3-6,12-13H,1,7-9H2;/t;12-;/m.1./s1. The molecule has 1 aromatic rings. The molecule has 1 N–H and O–H groups in total. The van der Waals surface area contributed by atoms with E-state index in [0.717, 1.165) is 6.54 Å². The van der Waals surface area contributed by atoms with Gasteiger partial charge in [0.1, 0.15) is 0 Å². The number of rotatable bonds is 14. The molecule has 0 spiro atoms. The number of fused-ring (bicyclic) bond motifs is 1. The van der Waals surface area contributed by atoms with Gasteiger partial charge in [0.15, 0.2) is 0 Å². The van der Waals surface area contributed by atoms with Gasteiger partial charge in [-0.25, -0.2) is 0 Å². The van der Waals surface area contributed by atoms with Crippen molar-refractivity contribution < 1.29 is 0 Å². The normalized spacial score (nSPS) is 16.5. The van der Waals surface area contributed by atoms with Crippen LogP contribution in [-0.2, 0) is 6.42 Å². The monoisotopic (exact) mass is 475 g/mol. The molecule has 1 aromatic carbocycles. The molecule has 0 heterocycles. The van der Waals surface area contributed by atoms with Crippen LogP contribution in [0.4, 0.5) is 0 Å². The van der Waals surface area contributed by atoms with Crippen molar-refractivity contribution >= 4 is 21.1 Å². The maximum absolute atomic E-state index is 4.59. The van der Waals surface area contributed by atoms with E-state index >= 15 is 0 Å². The van der Waals surface area contributed by atoms with Gasteiger partial charge in [0, 0.05) is 0 Å². The number of unbranched alkanes of at least 4 members (excludes halogenated alkanes) is 3. The molecule has 2 radical (unpaired) electrons. The first-order chi connectivity index (χ1) is 13.1. The first kappa shape index (κ1) is 23.0. The molecule has 0 aromatic heterocycles. The van der Waals surface area contributed by atoms with Crippen molar-refractivity contribution in [3.63, 3.8) is 0 Å². The van der Waals surface area contributed by atoms with Crippen LogP contribution in [0.1, 0.15) is 102 Å². The van der Waals surface area contributed by atoms with Crippen molar-refractivity contribution in [1.29, 1.82) is 0 Å². The van der Waals surface area contributed by atoms with Crippen LogP contribution >= 0.6 is 0 Å². The van der Waals surface area contributed by atoms with E-state index in [0.29, 0.717) is 9.47 Å². The van der Waals surface area contributed by atoms with E-state index in [1.165, 1.54) is 76.2 Å². The van der Waals surface area contributed by atoms with E-state index < -0.39 is 21.1 Å². The van der Waals surface area contributed by atoms with Crippen LogP contribution < -0.4 is 5.32 Å². The zero-order valence-corrected chi connectivity index (χ0v) is 20.9. The van der Waals surface area contributed by atoms with Crippen LogP contribution in [0.3, 0.4) is 0 Å². The van der Waals surface area contributed by atoms with E-state index in [2.05, 4.69) is 56.9 Å². The predicted octanol–water partition coefficient (Wildman–Crippen LogP) is 7.21. The number of benzene rings is 1. The zero-order chi connectivity index (χ0) is 19.5. The molecule has 1 aliphatic carbocycles. The van der Waals surface area contributed by atoms with Gasteiger partial charge in [0.25, 0.3) is 0 Å². The molecule has 1 nitrogen and oxygen atoms in total. The maximum atomic E-state index is 4.59. The van der Waals surface area contributed by atoms with E-state index in [1.54, 1.807) is 9.15 Å². The molecule has 2 heteroatoms. The SMILES string of the molecule is C=[C](CN[C@@H]1CCc2ccccc21)[Sn][C](CCCC)(CCCC)CCCC. The average molecular weight is 474 g/mol. The molecular formula is C25H41NSn. The Balaban J connectivity index is 1.95. The van der Waals surface area contributed by atoms with Crippen LogP contribution in [0.5, 0.6) is 0 Å². The Hall–Kier alpha value is -0.281. The van der Waals surface area contributed by atoms with Crippen LogP contribution in [-0.4, -0.2) is 27.7 Å². The van der Waals surface area contributed by atoms with Crippen molar-refractivity contribution in [3.8, 4) is 0 Å². The third-order valence-corrected chi connectivity index (χ3v) is 11.3. The van der Waals surface area contributed by atoms with Gasteiger partial charge >= 0.3 is 179 Å². The van der Waals surface area contributed by atoms with Gasteiger partial charge in [-0.15, -0.1) is 0 Å². The second-order valence-corrected chi connectivity index (χ2v) is 14.2. The first-order valence-electron chi connectivity index (χ1n) is 11.4. The fraction of sp³-hybridized carbons (Fsp3) is 0.680. The van der Waals surface area contributed by atoms with Gasteiger partial charge in [0.2, 0.25) is 0 Å². The molecule has 1 aliphatic rings. The molecule has 0 fully saturated rings. The molecule has 0 unspecified atom stereocenters. The molecule has 1 atom stereocenters. The Morgan fingerprint density at radius 3 is 2.22 bits per heavy atom. The van der Waals surface area contributed by atoms with Crippen molar-refractivity contribution in [3.05, 3.63) is 45.6 Å². The van der Waals surface area contributed by atoms with Crippen LogP contribution in [0.2, 0.25) is 3.43 Å². The second kappa shape index (κ2) is 12.3. The van der Waals surface area contributed by atoms with Crippen LogP contribution in [0.15, 0.2) is 34.4 Å². The number of nitrogens with one attached hydrogen (secondary N) is 1. The third kappa shape index (κ3) is 7.24. The zero-order valence-electron chi connectivity index (χ0n) is 18.1. The summed E-state index contributed by atoms with van der Waals surface area (Å²) in [7, 11) is 0. The van der Waals surface area contributed by atoms with E-state index in [-0.39, 0.29) is 0 Å². The molecule has 0 saturated carbocycles. The third-order valence-electron chi connectivity index (χ3n) is 6.16. The number of hydrogen-bond donors (Lipinski definition) is 1. The molecule has 0 saturated heterocycles. The molecule has 0 amide bonds. The minimum absolute atomic E-state index is 0.550. The fourth-order valence-electron chi connectivity index (χ4n) is 4.54. The Bertz CT molecular complexity index is 543. The summed E-state index contributed by atoms with van der Waals surface area (Å²) >= 11 is -0.626. The van der Waals surface area contributed by atoms with Crippen molar-refractivity contribution in [2.75, 3.05) is 6.54 Å². The van der Waals surface area contributed by atoms with E-state index in [4.69, 9.17) is 0 Å². The Labute approximate surface area is 179 Å². The Morgan fingerprint density at radius 1 is 1.04 bits per heavy atom. The topological polar surface area (TPSA) is 12.0 Å². The summed E-state index contributed by atoms with van der Waals surface area (Å²) in [4.78, 5) is 0. The Kier molecular flexibility index (Phi) is 10.5. The van der Waals surface area contributed by atoms with E-state index in [1.807, 2.05) is 0 Å². The Morgan fingerprint density at radius 2 is 1.63 bits per heavy atom. The van der Waals surface area contributed by atoms with Gasteiger partial charge in [-0.2, -0.15) is 0 Å². The van der Waals surface area contributed by atoms with Crippen molar-refractivity contribution in [1.82, 2.24) is 5.32 Å². The van der Waals surface area contributed by atoms with Gasteiger partial charge in [-0.3, -0.25) is 0 Å². The summed E-state index contributed by atoms with van der Waals surface area (Å²) < 4.78 is 2.25. The minimum atomic E-state index is -0.626. The molecule has 150 valence electrons. The summed E-state index contributed by atoms with van der Waals surface area (Å²) in [6.45, 7) is 12.7. The molecule has 0 bridgehead atoms. The summed E-state index contributed by atoms with van der Waals surface area (Å²) in [5.74, 6) is 0. The van der Waals surface area contributed by atoms with Gasteiger partial charge in [-0.1, -0.05) is 0 Å². The summed E-state index contributed by atoms with van der Waals surface area (Å²) in [6.07, 6.45) is 15.1. The average Bonchev–Trinajstić information content (AvgIpc) is 3.10. The van der Waals surface area contributed by atoms with Crippen molar-refractivity contribution in [2.24, 2.45) is 0 Å². The molecule has 0 aliphatic heterocycles. The molecule has 27 heavy (non-hydrogen) atoms. The number of hydrogen-bond acceptors (Lipinski definition) is 1. The second-order valence-electron chi connectivity index (χ2n) is 8.49. The number of aryl methyl sites for hydroxylation is 1. The molecule has 2 rings (SSSR count). The van der Waals surface area contributed by atoms with Gasteiger partial charge < -0.3 is 0 Å². The van der Waals surface area contributed by atoms with E-state index in [9.17, 15) is 0 Å². The van der Waals surface area contributed by atoms with Crippen LogP contribution in [0, 0.1) is 0 Å².